The van der Waals surface area contributed by atoms with Gasteiger partial charge in [0.2, 0.25) is 0 Å². The van der Waals surface area contributed by atoms with E-state index in [0.29, 0.717) is 11.3 Å². The number of aromatic carboxylic acids is 1. The van der Waals surface area contributed by atoms with Gasteiger partial charge in [0.1, 0.15) is 5.56 Å². The van der Waals surface area contributed by atoms with E-state index in [9.17, 15) is 9.90 Å². The molecule has 0 spiro atoms. The Kier molecular flexibility index (Phi) is 3.81. The van der Waals surface area contributed by atoms with E-state index in [-0.39, 0.29) is 11.3 Å². The molecule has 1 aliphatic heterocycles. The average Bonchev–Trinajstić information content (AvgIpc) is 2.97. The third-order valence-corrected chi connectivity index (χ3v) is 4.77. The minimum Gasteiger partial charge on any atom is -0.477 e. The third kappa shape index (κ3) is 2.63. The van der Waals surface area contributed by atoms with Crippen molar-refractivity contribution in [3.8, 4) is 11.3 Å². The van der Waals surface area contributed by atoms with E-state index < -0.39 is 24.3 Å². The zero-order valence-corrected chi connectivity index (χ0v) is 14.4. The third-order valence-electron chi connectivity index (χ3n) is 4.77. The number of nitrogens with zero attached hydrogens (tertiary/aromatic N) is 1. The topological polar surface area (TPSA) is 81.8 Å². The van der Waals surface area contributed by atoms with Crippen molar-refractivity contribution in [3.05, 3.63) is 35.5 Å². The standard InChI is InChI=1S/C17H20BNO5/c1-10-13(15(20)21)14(22-19-10)11-6-8-12(9-7-11)18-23-16(2,3)17(4,5)24-18/h6-9H,1-5H3,(H,20,21). The smallest absolute Gasteiger partial charge is 0.477 e. The number of benzene rings is 1. The van der Waals surface area contributed by atoms with Gasteiger partial charge >= 0.3 is 13.1 Å². The Morgan fingerprint density at radius 2 is 1.62 bits per heavy atom. The molecule has 7 heteroatoms. The van der Waals surface area contributed by atoms with Gasteiger partial charge in [0.05, 0.1) is 16.9 Å². The van der Waals surface area contributed by atoms with Crippen LogP contribution in [0, 0.1) is 6.92 Å². The normalized spacial score (nSPS) is 18.8. The van der Waals surface area contributed by atoms with Crippen LogP contribution in [0.25, 0.3) is 11.3 Å². The summed E-state index contributed by atoms with van der Waals surface area (Å²) in [4.78, 5) is 11.4. The molecule has 6 nitrogen and oxygen atoms in total. The maximum Gasteiger partial charge on any atom is 0.494 e. The van der Waals surface area contributed by atoms with E-state index in [4.69, 9.17) is 13.8 Å². The van der Waals surface area contributed by atoms with Gasteiger partial charge in [-0.1, -0.05) is 29.4 Å². The Morgan fingerprint density at radius 1 is 1.08 bits per heavy atom. The van der Waals surface area contributed by atoms with E-state index >= 15 is 0 Å². The van der Waals surface area contributed by atoms with Crippen LogP contribution in [0.4, 0.5) is 0 Å². The second-order valence-corrected chi connectivity index (χ2v) is 6.99. The molecule has 1 fully saturated rings. The number of carboxylic acids is 1. The summed E-state index contributed by atoms with van der Waals surface area (Å²) in [5.41, 5.74) is 1.13. The van der Waals surface area contributed by atoms with Crippen LogP contribution in [0.3, 0.4) is 0 Å². The number of rotatable bonds is 3. The summed E-state index contributed by atoms with van der Waals surface area (Å²) < 4.78 is 17.2. The van der Waals surface area contributed by atoms with Crippen LogP contribution < -0.4 is 5.46 Å². The van der Waals surface area contributed by atoms with Crippen LogP contribution in [0.2, 0.25) is 0 Å². The maximum absolute atomic E-state index is 11.4. The van der Waals surface area contributed by atoms with Gasteiger partial charge in [-0.25, -0.2) is 4.79 Å². The van der Waals surface area contributed by atoms with Gasteiger partial charge in [0.15, 0.2) is 5.76 Å². The first-order chi connectivity index (χ1) is 11.1. The van der Waals surface area contributed by atoms with E-state index in [1.165, 1.54) is 0 Å². The molecule has 0 atom stereocenters. The number of aromatic nitrogens is 1. The fourth-order valence-electron chi connectivity index (χ4n) is 2.59. The predicted octanol–water partition coefficient (Wildman–Crippen LogP) is 2.65. The van der Waals surface area contributed by atoms with Crippen LogP contribution in [0.15, 0.2) is 28.8 Å². The van der Waals surface area contributed by atoms with Gasteiger partial charge in [0, 0.05) is 5.56 Å². The molecule has 0 amide bonds. The highest BCUT2D eigenvalue weighted by atomic mass is 16.7. The SMILES string of the molecule is Cc1noc(-c2ccc(B3OC(C)(C)C(C)(C)O3)cc2)c1C(=O)O. The molecule has 0 bridgehead atoms. The Hall–Kier alpha value is -2.12. The molecule has 2 heterocycles. The summed E-state index contributed by atoms with van der Waals surface area (Å²) in [7, 11) is -0.459. The first-order valence-corrected chi connectivity index (χ1v) is 7.78. The second-order valence-electron chi connectivity index (χ2n) is 6.99. The highest BCUT2D eigenvalue weighted by molar-refractivity contribution is 6.62. The fourth-order valence-corrected chi connectivity index (χ4v) is 2.59. The van der Waals surface area contributed by atoms with Crippen LogP contribution in [-0.4, -0.2) is 34.6 Å². The summed E-state index contributed by atoms with van der Waals surface area (Å²) in [5.74, 6) is -0.806. The molecule has 1 aromatic heterocycles. The molecular formula is C17H20BNO5. The van der Waals surface area contributed by atoms with Gasteiger partial charge in [-0.05, 0) is 40.1 Å². The zero-order valence-electron chi connectivity index (χ0n) is 14.4. The highest BCUT2D eigenvalue weighted by Gasteiger charge is 2.51. The molecule has 2 aromatic rings. The van der Waals surface area contributed by atoms with Crippen LogP contribution >= 0.6 is 0 Å². The van der Waals surface area contributed by atoms with Crippen LogP contribution in [0.1, 0.15) is 43.7 Å². The molecule has 1 saturated heterocycles. The minimum absolute atomic E-state index is 0.0818. The molecule has 24 heavy (non-hydrogen) atoms. The highest BCUT2D eigenvalue weighted by Crippen LogP contribution is 2.36. The van der Waals surface area contributed by atoms with Gasteiger partial charge in [0.25, 0.3) is 0 Å². The lowest BCUT2D eigenvalue weighted by molar-refractivity contribution is 0.00578. The number of hydrogen-bond donors (Lipinski definition) is 1. The lowest BCUT2D eigenvalue weighted by Crippen LogP contribution is -2.41. The van der Waals surface area contributed by atoms with Crippen molar-refractivity contribution in [3.63, 3.8) is 0 Å². The first-order valence-electron chi connectivity index (χ1n) is 7.78. The molecule has 126 valence electrons. The zero-order chi connectivity index (χ0) is 17.7. The van der Waals surface area contributed by atoms with Gasteiger partial charge in [-0.15, -0.1) is 0 Å². The van der Waals surface area contributed by atoms with E-state index in [2.05, 4.69) is 5.16 Å². The van der Waals surface area contributed by atoms with E-state index in [0.717, 1.165) is 5.46 Å². The molecule has 1 N–H and O–H groups in total. The molecule has 1 aromatic carbocycles. The Balaban J connectivity index is 1.89. The molecule has 0 unspecified atom stereocenters. The largest absolute Gasteiger partial charge is 0.494 e. The van der Waals surface area contributed by atoms with Crippen molar-refractivity contribution in [1.29, 1.82) is 0 Å². The van der Waals surface area contributed by atoms with Crippen LogP contribution in [0.5, 0.6) is 0 Å². The monoisotopic (exact) mass is 329 g/mol. The Labute approximate surface area is 140 Å². The minimum atomic E-state index is -1.06. The first kappa shape index (κ1) is 16.7. The van der Waals surface area contributed by atoms with Gasteiger partial charge in [-0.3, -0.25) is 0 Å². The summed E-state index contributed by atoms with van der Waals surface area (Å²) >= 11 is 0. The second kappa shape index (κ2) is 5.46. The molecule has 0 radical (unpaired) electrons. The van der Waals surface area contributed by atoms with E-state index in [1.54, 1.807) is 19.1 Å². The predicted molar refractivity (Wildman–Crippen MR) is 89.4 cm³/mol. The number of hydrogen-bond acceptors (Lipinski definition) is 5. The van der Waals surface area contributed by atoms with E-state index in [1.807, 2.05) is 39.8 Å². The van der Waals surface area contributed by atoms with Crippen molar-refractivity contribution in [2.75, 3.05) is 0 Å². The van der Waals surface area contributed by atoms with Crippen molar-refractivity contribution < 1.29 is 23.7 Å². The number of carboxylic acid groups (broad SMARTS) is 1. The van der Waals surface area contributed by atoms with Crippen molar-refractivity contribution >= 4 is 18.6 Å². The molecule has 0 aliphatic carbocycles. The lowest BCUT2D eigenvalue weighted by Gasteiger charge is -2.32. The number of carbonyl (C=O) groups is 1. The molecule has 1 aliphatic rings. The molecule has 3 rings (SSSR count). The fraction of sp³-hybridized carbons (Fsp3) is 0.412. The Bertz CT molecular complexity index is 763. The summed E-state index contributed by atoms with van der Waals surface area (Å²) in [6, 6.07) is 7.27. The summed E-state index contributed by atoms with van der Waals surface area (Å²) in [6.45, 7) is 9.60. The van der Waals surface area contributed by atoms with Gasteiger partial charge in [-0.2, -0.15) is 0 Å². The quantitative estimate of drug-likeness (QED) is 0.872. The van der Waals surface area contributed by atoms with Crippen molar-refractivity contribution in [1.82, 2.24) is 5.16 Å². The summed E-state index contributed by atoms with van der Waals surface area (Å²) in [5, 5.41) is 13.0. The number of aryl methyl sites for hydroxylation is 1. The van der Waals surface area contributed by atoms with Gasteiger partial charge < -0.3 is 18.9 Å². The molecule has 0 saturated carbocycles. The Morgan fingerprint density at radius 3 is 2.12 bits per heavy atom. The molecular weight excluding hydrogens is 309 g/mol. The van der Waals surface area contributed by atoms with Crippen molar-refractivity contribution in [2.45, 2.75) is 45.8 Å². The van der Waals surface area contributed by atoms with Crippen LogP contribution in [-0.2, 0) is 9.31 Å². The lowest BCUT2D eigenvalue weighted by atomic mass is 9.78. The summed E-state index contributed by atoms with van der Waals surface area (Å²) in [6.07, 6.45) is 0. The maximum atomic E-state index is 11.4. The van der Waals surface area contributed by atoms with Crippen molar-refractivity contribution in [2.24, 2.45) is 0 Å². The average molecular weight is 329 g/mol.